The Morgan fingerprint density at radius 2 is 2.33 bits per heavy atom. The van der Waals surface area contributed by atoms with Crippen molar-refractivity contribution in [3.8, 4) is 11.5 Å². The Morgan fingerprint density at radius 1 is 1.50 bits per heavy atom. The molecule has 4 N–H and O–H groups in total. The average Bonchev–Trinajstić information content (AvgIpc) is 2.97. The van der Waals surface area contributed by atoms with Gasteiger partial charge in [0.05, 0.1) is 18.9 Å². The fraction of sp³-hybridized carbons (Fsp3) is 0.417. The summed E-state index contributed by atoms with van der Waals surface area (Å²) in [5.74, 6) is 1.58. The number of aromatic amines is 1. The summed E-state index contributed by atoms with van der Waals surface area (Å²) in [5, 5.41) is 27.9. The first-order valence-electron chi connectivity index (χ1n) is 5.79. The Balaban J connectivity index is 2.00. The van der Waals surface area contributed by atoms with Crippen LogP contribution in [0.4, 0.5) is 0 Å². The molecule has 0 amide bonds. The van der Waals surface area contributed by atoms with Gasteiger partial charge in [-0.3, -0.25) is 5.10 Å². The predicted molar refractivity (Wildman–Crippen MR) is 65.8 cm³/mol. The van der Waals surface area contributed by atoms with Crippen molar-refractivity contribution < 1.29 is 14.6 Å². The quantitative estimate of drug-likeness (QED) is 0.597. The van der Waals surface area contributed by atoms with Crippen molar-refractivity contribution in [3.05, 3.63) is 29.7 Å². The first-order chi connectivity index (χ1) is 8.70. The van der Waals surface area contributed by atoms with Gasteiger partial charge in [-0.1, -0.05) is 0 Å². The minimum absolute atomic E-state index is 0.247. The molecule has 18 heavy (non-hydrogen) atoms. The third kappa shape index (κ3) is 2.98. The molecule has 1 unspecified atom stereocenters. The van der Waals surface area contributed by atoms with Crippen LogP contribution in [-0.4, -0.2) is 39.7 Å². The number of hydrogen-bond acceptors (Lipinski definition) is 5. The molecule has 0 saturated carbocycles. The monoisotopic (exact) mass is 251 g/mol. The van der Waals surface area contributed by atoms with E-state index in [2.05, 4.69) is 15.5 Å². The number of aliphatic hydroxyl groups is 2. The van der Waals surface area contributed by atoms with Crippen LogP contribution < -0.4 is 5.32 Å². The summed E-state index contributed by atoms with van der Waals surface area (Å²) in [6.45, 7) is 2.51. The lowest BCUT2D eigenvalue weighted by Gasteiger charge is -2.08. The molecule has 1 atom stereocenters. The topological polar surface area (TPSA) is 94.3 Å². The molecule has 2 heterocycles. The third-order valence-corrected chi connectivity index (χ3v) is 2.61. The van der Waals surface area contributed by atoms with E-state index >= 15 is 0 Å². The molecule has 0 bridgehead atoms. The number of nitrogens with zero attached hydrogens (tertiary/aromatic N) is 1. The van der Waals surface area contributed by atoms with Crippen LogP contribution in [0.25, 0.3) is 11.5 Å². The number of aromatic nitrogens is 2. The second kappa shape index (κ2) is 5.81. The Morgan fingerprint density at radius 3 is 3.00 bits per heavy atom. The summed E-state index contributed by atoms with van der Waals surface area (Å²) in [6, 6.07) is 3.78. The van der Waals surface area contributed by atoms with E-state index in [0.717, 1.165) is 22.8 Å². The fourth-order valence-corrected chi connectivity index (χ4v) is 1.67. The molecule has 2 aromatic rings. The van der Waals surface area contributed by atoms with Crippen LogP contribution in [0.15, 0.2) is 22.7 Å². The van der Waals surface area contributed by atoms with E-state index in [1.54, 1.807) is 6.20 Å². The molecule has 2 rings (SSSR count). The Bertz CT molecular complexity index is 492. The molecule has 2 aromatic heterocycles. The van der Waals surface area contributed by atoms with Gasteiger partial charge < -0.3 is 19.9 Å². The Kier molecular flexibility index (Phi) is 4.14. The van der Waals surface area contributed by atoms with Gasteiger partial charge in [0, 0.05) is 18.7 Å². The summed E-state index contributed by atoms with van der Waals surface area (Å²) in [4.78, 5) is 0. The average molecular weight is 251 g/mol. The minimum atomic E-state index is -0.744. The lowest BCUT2D eigenvalue weighted by Crippen LogP contribution is -2.28. The second-order valence-corrected chi connectivity index (χ2v) is 4.15. The van der Waals surface area contributed by atoms with Gasteiger partial charge in [0.1, 0.15) is 11.5 Å². The van der Waals surface area contributed by atoms with E-state index in [4.69, 9.17) is 9.52 Å². The zero-order chi connectivity index (χ0) is 13.0. The number of aliphatic hydroxyl groups excluding tert-OH is 2. The van der Waals surface area contributed by atoms with Crippen molar-refractivity contribution in [2.45, 2.75) is 19.6 Å². The van der Waals surface area contributed by atoms with E-state index in [1.807, 2.05) is 19.1 Å². The molecule has 0 fully saturated rings. The molecule has 0 spiro atoms. The summed E-state index contributed by atoms with van der Waals surface area (Å²) in [7, 11) is 0. The SMILES string of the molecule is Cc1ccc(-c2[nH]ncc2CNCC(O)CO)o1. The van der Waals surface area contributed by atoms with Gasteiger partial charge in [0.25, 0.3) is 0 Å². The van der Waals surface area contributed by atoms with E-state index in [0.29, 0.717) is 13.1 Å². The van der Waals surface area contributed by atoms with Crippen LogP contribution in [0.2, 0.25) is 0 Å². The molecule has 0 aliphatic heterocycles. The molecule has 6 heteroatoms. The van der Waals surface area contributed by atoms with Gasteiger partial charge >= 0.3 is 0 Å². The van der Waals surface area contributed by atoms with Crippen LogP contribution in [0.1, 0.15) is 11.3 Å². The van der Waals surface area contributed by atoms with Crippen LogP contribution in [0.5, 0.6) is 0 Å². The van der Waals surface area contributed by atoms with Gasteiger partial charge in [0.15, 0.2) is 5.76 Å². The van der Waals surface area contributed by atoms with Gasteiger partial charge in [-0.2, -0.15) is 5.10 Å². The fourth-order valence-electron chi connectivity index (χ4n) is 1.67. The summed E-state index contributed by atoms with van der Waals surface area (Å²) in [6.07, 6.45) is 0.970. The van der Waals surface area contributed by atoms with Crippen molar-refractivity contribution in [1.82, 2.24) is 15.5 Å². The number of furan rings is 1. The highest BCUT2D eigenvalue weighted by Crippen LogP contribution is 2.23. The maximum absolute atomic E-state index is 9.22. The first-order valence-corrected chi connectivity index (χ1v) is 5.79. The minimum Gasteiger partial charge on any atom is -0.460 e. The molecule has 0 aliphatic rings. The normalized spacial score (nSPS) is 12.8. The summed E-state index contributed by atoms with van der Waals surface area (Å²) in [5.41, 5.74) is 1.78. The molecule has 0 radical (unpaired) electrons. The van der Waals surface area contributed by atoms with Crippen LogP contribution in [-0.2, 0) is 6.54 Å². The van der Waals surface area contributed by atoms with Crippen LogP contribution in [0.3, 0.4) is 0 Å². The molecule has 6 nitrogen and oxygen atoms in total. The Labute approximate surface area is 105 Å². The molecular formula is C12H17N3O3. The largest absolute Gasteiger partial charge is 0.460 e. The smallest absolute Gasteiger partial charge is 0.152 e. The van der Waals surface area contributed by atoms with Crippen molar-refractivity contribution >= 4 is 0 Å². The molecule has 0 aliphatic carbocycles. The van der Waals surface area contributed by atoms with Gasteiger partial charge in [0.2, 0.25) is 0 Å². The second-order valence-electron chi connectivity index (χ2n) is 4.15. The lowest BCUT2D eigenvalue weighted by molar-refractivity contribution is 0.0942. The first kappa shape index (κ1) is 12.8. The van der Waals surface area contributed by atoms with Crippen LogP contribution in [0, 0.1) is 6.92 Å². The van der Waals surface area contributed by atoms with Crippen molar-refractivity contribution in [1.29, 1.82) is 0 Å². The highest BCUT2D eigenvalue weighted by atomic mass is 16.3. The number of nitrogens with one attached hydrogen (secondary N) is 2. The number of rotatable bonds is 6. The third-order valence-electron chi connectivity index (χ3n) is 2.61. The van der Waals surface area contributed by atoms with Gasteiger partial charge in [-0.15, -0.1) is 0 Å². The summed E-state index contributed by atoms with van der Waals surface area (Å²) < 4.78 is 5.53. The highest BCUT2D eigenvalue weighted by molar-refractivity contribution is 5.56. The number of aryl methyl sites for hydroxylation is 1. The molecular weight excluding hydrogens is 234 g/mol. The van der Waals surface area contributed by atoms with E-state index in [-0.39, 0.29) is 6.61 Å². The molecule has 0 saturated heterocycles. The number of H-pyrrole nitrogens is 1. The predicted octanol–water partition coefficient (Wildman–Crippen LogP) is 0.421. The Hall–Kier alpha value is -1.63. The van der Waals surface area contributed by atoms with Crippen molar-refractivity contribution in [2.75, 3.05) is 13.2 Å². The van der Waals surface area contributed by atoms with Gasteiger partial charge in [-0.05, 0) is 19.1 Å². The standard InChI is InChI=1S/C12H17N3O3/c1-8-2-3-11(18-8)12-9(5-14-15-12)4-13-6-10(17)7-16/h2-3,5,10,13,16-17H,4,6-7H2,1H3,(H,14,15). The maximum Gasteiger partial charge on any atom is 0.152 e. The zero-order valence-electron chi connectivity index (χ0n) is 10.2. The van der Waals surface area contributed by atoms with E-state index in [1.165, 1.54) is 0 Å². The highest BCUT2D eigenvalue weighted by Gasteiger charge is 2.11. The molecule has 0 aromatic carbocycles. The maximum atomic E-state index is 9.22. The van der Waals surface area contributed by atoms with Gasteiger partial charge in [-0.25, -0.2) is 0 Å². The van der Waals surface area contributed by atoms with E-state index in [9.17, 15) is 5.11 Å². The van der Waals surface area contributed by atoms with Crippen molar-refractivity contribution in [2.24, 2.45) is 0 Å². The summed E-state index contributed by atoms with van der Waals surface area (Å²) >= 11 is 0. The van der Waals surface area contributed by atoms with Crippen LogP contribution >= 0.6 is 0 Å². The lowest BCUT2D eigenvalue weighted by atomic mass is 10.2. The number of hydrogen-bond donors (Lipinski definition) is 4. The zero-order valence-corrected chi connectivity index (χ0v) is 10.2. The van der Waals surface area contributed by atoms with E-state index < -0.39 is 6.10 Å². The van der Waals surface area contributed by atoms with Crippen molar-refractivity contribution in [3.63, 3.8) is 0 Å². The molecule has 98 valence electrons.